The van der Waals surface area contributed by atoms with Crippen LogP contribution in [0.15, 0.2) is 0 Å². The highest BCUT2D eigenvalue weighted by Gasteiger charge is 2.51. The van der Waals surface area contributed by atoms with E-state index in [2.05, 4.69) is 0 Å². The average molecular weight is 424 g/mol. The van der Waals surface area contributed by atoms with Crippen molar-refractivity contribution >= 4 is 11.9 Å². The molecule has 0 heterocycles. The molecule has 1 atom stereocenters. The first-order chi connectivity index (χ1) is 13.6. The molecule has 1 unspecified atom stereocenters. The fraction of sp³-hybridized carbons (Fsp3) is 0.905. The van der Waals surface area contributed by atoms with Crippen molar-refractivity contribution in [1.29, 1.82) is 0 Å². The maximum absolute atomic E-state index is 13.7. The van der Waals surface area contributed by atoms with Crippen molar-refractivity contribution in [2.24, 2.45) is 11.8 Å². The van der Waals surface area contributed by atoms with Gasteiger partial charge in [-0.05, 0) is 32.1 Å². The highest BCUT2D eigenvalue weighted by molar-refractivity contribution is 5.73. The first-order valence-electron chi connectivity index (χ1n) is 10.7. The molecule has 0 aromatic heterocycles. The largest absolute Gasteiger partial charge is 0.462 e. The Morgan fingerprint density at radius 1 is 0.862 bits per heavy atom. The zero-order valence-electron chi connectivity index (χ0n) is 17.1. The van der Waals surface area contributed by atoms with Crippen molar-refractivity contribution in [2.45, 2.75) is 102 Å². The van der Waals surface area contributed by atoms with Gasteiger partial charge in [-0.3, -0.25) is 9.59 Å². The molecule has 2 fully saturated rings. The molecule has 0 saturated heterocycles. The topological polar surface area (TPSA) is 52.6 Å². The number of halogens is 4. The van der Waals surface area contributed by atoms with Crippen LogP contribution in [0.1, 0.15) is 84.0 Å². The van der Waals surface area contributed by atoms with E-state index in [-0.39, 0.29) is 25.4 Å². The second-order valence-electron chi connectivity index (χ2n) is 8.49. The Labute approximate surface area is 169 Å². The summed E-state index contributed by atoms with van der Waals surface area (Å²) in [5, 5.41) is 0. The van der Waals surface area contributed by atoms with E-state index >= 15 is 0 Å². The van der Waals surface area contributed by atoms with Crippen molar-refractivity contribution in [3.05, 3.63) is 0 Å². The second-order valence-corrected chi connectivity index (χ2v) is 8.49. The van der Waals surface area contributed by atoms with E-state index in [9.17, 15) is 27.2 Å². The fourth-order valence-electron chi connectivity index (χ4n) is 3.97. The van der Waals surface area contributed by atoms with Crippen molar-refractivity contribution in [3.63, 3.8) is 0 Å². The van der Waals surface area contributed by atoms with Gasteiger partial charge in [0.25, 0.3) is 0 Å². The zero-order chi connectivity index (χ0) is 21.5. The van der Waals surface area contributed by atoms with Gasteiger partial charge in [-0.15, -0.1) is 0 Å². The van der Waals surface area contributed by atoms with Gasteiger partial charge < -0.3 is 9.47 Å². The molecule has 2 aliphatic carbocycles. The van der Waals surface area contributed by atoms with Gasteiger partial charge in [0, 0.05) is 13.3 Å². The molecule has 2 rings (SSSR count). The van der Waals surface area contributed by atoms with E-state index in [1.54, 1.807) is 0 Å². The molecular weight excluding hydrogens is 392 g/mol. The molecule has 0 bridgehead atoms. The Morgan fingerprint density at radius 2 is 1.34 bits per heavy atom. The monoisotopic (exact) mass is 424 g/mol. The summed E-state index contributed by atoms with van der Waals surface area (Å²) in [7, 11) is 0. The predicted octanol–water partition coefficient (Wildman–Crippen LogP) is 5.67. The Morgan fingerprint density at radius 3 is 1.83 bits per heavy atom. The number of hydrogen-bond donors (Lipinski definition) is 0. The summed E-state index contributed by atoms with van der Waals surface area (Å²) >= 11 is 0. The number of alkyl halides is 4. The summed E-state index contributed by atoms with van der Waals surface area (Å²) < 4.78 is 64.2. The van der Waals surface area contributed by atoms with Gasteiger partial charge in [0.1, 0.15) is 12.7 Å². The van der Waals surface area contributed by atoms with Gasteiger partial charge in [-0.25, -0.2) is 8.78 Å². The maximum Gasteiger partial charge on any atom is 0.310 e. The van der Waals surface area contributed by atoms with Crippen LogP contribution in [-0.2, 0) is 19.1 Å². The molecule has 0 N–H and O–H groups in total. The maximum atomic E-state index is 13.7. The van der Waals surface area contributed by atoms with Crippen LogP contribution in [0.4, 0.5) is 17.6 Å². The van der Waals surface area contributed by atoms with E-state index in [0.717, 1.165) is 38.5 Å². The lowest BCUT2D eigenvalue weighted by Crippen LogP contribution is -2.39. The van der Waals surface area contributed by atoms with Crippen molar-refractivity contribution < 1.29 is 36.6 Å². The first kappa shape index (κ1) is 23.9. The summed E-state index contributed by atoms with van der Waals surface area (Å²) in [5.74, 6) is -9.90. The fourth-order valence-corrected chi connectivity index (χ4v) is 3.97. The highest BCUT2D eigenvalue weighted by Crippen LogP contribution is 2.38. The lowest BCUT2D eigenvalue weighted by Gasteiger charge is -2.27. The standard InChI is InChI=1S/C21H32F4O4/c1-20(22,23)21(24,25)13-12-17(29-19(27)16-10-6-3-7-11-16)14-28-18(26)15-8-4-2-5-9-15/h15-17H,2-14H2,1H3. The van der Waals surface area contributed by atoms with Crippen LogP contribution in [0.2, 0.25) is 0 Å². The molecule has 168 valence electrons. The lowest BCUT2D eigenvalue weighted by atomic mass is 9.89. The molecule has 0 radical (unpaired) electrons. The summed E-state index contributed by atoms with van der Waals surface area (Å²) in [6.45, 7) is -0.210. The van der Waals surface area contributed by atoms with Crippen molar-refractivity contribution in [3.8, 4) is 0 Å². The third kappa shape index (κ3) is 7.45. The van der Waals surface area contributed by atoms with Gasteiger partial charge in [-0.1, -0.05) is 38.5 Å². The van der Waals surface area contributed by atoms with Gasteiger partial charge in [0.05, 0.1) is 11.8 Å². The van der Waals surface area contributed by atoms with Crippen LogP contribution in [-0.4, -0.2) is 36.5 Å². The Bertz CT molecular complexity index is 535. The summed E-state index contributed by atoms with van der Waals surface area (Å²) in [6, 6.07) is 0. The highest BCUT2D eigenvalue weighted by atomic mass is 19.3. The third-order valence-electron chi connectivity index (χ3n) is 5.99. The van der Waals surface area contributed by atoms with E-state index in [1.807, 2.05) is 0 Å². The van der Waals surface area contributed by atoms with Gasteiger partial charge in [0.15, 0.2) is 0 Å². The van der Waals surface area contributed by atoms with E-state index in [1.165, 1.54) is 0 Å². The number of ether oxygens (including phenoxy) is 2. The third-order valence-corrected chi connectivity index (χ3v) is 5.99. The summed E-state index contributed by atoms with van der Waals surface area (Å²) in [5.41, 5.74) is 0. The minimum absolute atomic E-state index is 0.166. The lowest BCUT2D eigenvalue weighted by molar-refractivity contribution is -0.205. The Hall–Kier alpha value is -1.34. The average Bonchev–Trinajstić information content (AvgIpc) is 2.70. The molecule has 0 aromatic carbocycles. The van der Waals surface area contributed by atoms with Crippen LogP contribution in [0.3, 0.4) is 0 Å². The van der Waals surface area contributed by atoms with Crippen molar-refractivity contribution in [2.75, 3.05) is 6.61 Å². The smallest absolute Gasteiger partial charge is 0.310 e. The number of rotatable bonds is 9. The van der Waals surface area contributed by atoms with Gasteiger partial charge in [0.2, 0.25) is 0 Å². The molecule has 0 aliphatic heterocycles. The number of esters is 2. The molecule has 0 spiro atoms. The summed E-state index contributed by atoms with van der Waals surface area (Å²) in [6.07, 6.45) is 5.69. The van der Waals surface area contributed by atoms with Crippen LogP contribution in [0.25, 0.3) is 0 Å². The molecule has 8 heteroatoms. The molecule has 2 aliphatic rings. The molecule has 0 amide bonds. The number of hydrogen-bond acceptors (Lipinski definition) is 4. The van der Waals surface area contributed by atoms with Crippen LogP contribution in [0, 0.1) is 11.8 Å². The predicted molar refractivity (Wildman–Crippen MR) is 98.8 cm³/mol. The summed E-state index contributed by atoms with van der Waals surface area (Å²) in [4.78, 5) is 24.6. The Kier molecular flexibility index (Phi) is 8.76. The molecule has 2 saturated carbocycles. The van der Waals surface area contributed by atoms with E-state index in [4.69, 9.17) is 9.47 Å². The second kappa shape index (κ2) is 10.6. The number of carbonyl (C=O) groups is 2. The minimum atomic E-state index is -4.23. The van der Waals surface area contributed by atoms with Gasteiger partial charge >= 0.3 is 23.8 Å². The molecule has 4 nitrogen and oxygen atoms in total. The number of carbonyl (C=O) groups excluding carboxylic acids is 2. The SMILES string of the molecule is CC(F)(F)C(F)(F)CCC(COC(=O)C1CCCCC1)OC(=O)C1CCCCC1. The zero-order valence-corrected chi connectivity index (χ0v) is 17.1. The van der Waals surface area contributed by atoms with Crippen molar-refractivity contribution in [1.82, 2.24) is 0 Å². The molecule has 0 aromatic rings. The quantitative estimate of drug-likeness (QED) is 0.353. The molecule has 29 heavy (non-hydrogen) atoms. The minimum Gasteiger partial charge on any atom is -0.462 e. The Balaban J connectivity index is 1.93. The van der Waals surface area contributed by atoms with Crippen LogP contribution in [0.5, 0.6) is 0 Å². The van der Waals surface area contributed by atoms with Crippen LogP contribution >= 0.6 is 0 Å². The normalized spacial score (nSPS) is 20.9. The van der Waals surface area contributed by atoms with Gasteiger partial charge in [-0.2, -0.15) is 8.78 Å². The van der Waals surface area contributed by atoms with E-state index < -0.39 is 42.7 Å². The molecular formula is C21H32F4O4. The van der Waals surface area contributed by atoms with E-state index in [0.29, 0.717) is 25.7 Å². The first-order valence-corrected chi connectivity index (χ1v) is 10.7. The van der Waals surface area contributed by atoms with Crippen LogP contribution < -0.4 is 0 Å².